The molecular formula is C39H52F2N4O7SSi. The molecule has 2 aromatic rings. The molecular weight excluding hydrogens is 735 g/mol. The molecule has 15 heteroatoms. The van der Waals surface area contributed by atoms with Crippen LogP contribution in [0.2, 0.25) is 13.1 Å². The molecule has 11 nitrogen and oxygen atoms in total. The number of carbonyl (C=O) groups excluding carboxylic acids is 2. The zero-order valence-corrected chi connectivity index (χ0v) is 33.6. The maximum atomic E-state index is 13.4. The molecule has 0 unspecified atom stereocenters. The van der Waals surface area contributed by atoms with Gasteiger partial charge in [-0.15, -0.1) is 0 Å². The summed E-state index contributed by atoms with van der Waals surface area (Å²) < 4.78 is 64.4. The van der Waals surface area contributed by atoms with Crippen LogP contribution in [0.5, 0.6) is 0 Å². The minimum Gasteiger partial charge on any atom is -0.545 e. The van der Waals surface area contributed by atoms with Gasteiger partial charge in [0.15, 0.2) is 12.3 Å². The number of carboxylic acid groups (broad SMARTS) is 1. The highest BCUT2D eigenvalue weighted by atomic mass is 32.2. The van der Waals surface area contributed by atoms with E-state index in [0.29, 0.717) is 37.5 Å². The van der Waals surface area contributed by atoms with Gasteiger partial charge in [-0.05, 0) is 82.3 Å². The lowest BCUT2D eigenvalue weighted by molar-refractivity contribution is -0.496. The quantitative estimate of drug-likeness (QED) is 0.112. The molecule has 54 heavy (non-hydrogen) atoms. The minimum atomic E-state index is -3.17. The van der Waals surface area contributed by atoms with Crippen molar-refractivity contribution in [2.75, 3.05) is 91.2 Å². The highest BCUT2D eigenvalue weighted by Gasteiger charge is 2.41. The molecule has 1 aliphatic carbocycles. The van der Waals surface area contributed by atoms with E-state index >= 15 is 0 Å². The fourth-order valence-corrected chi connectivity index (χ4v) is 10.2. The van der Waals surface area contributed by atoms with Gasteiger partial charge < -0.3 is 29.6 Å². The molecule has 1 amide bonds. The minimum absolute atomic E-state index is 0.0639. The summed E-state index contributed by atoms with van der Waals surface area (Å²) in [6, 6.07) is 10.3. The van der Waals surface area contributed by atoms with Gasteiger partial charge in [0.25, 0.3) is 5.91 Å². The van der Waals surface area contributed by atoms with Crippen LogP contribution in [0.15, 0.2) is 65.4 Å². The van der Waals surface area contributed by atoms with Crippen molar-refractivity contribution in [3.8, 4) is 0 Å². The second-order valence-electron chi connectivity index (χ2n) is 13.9. The first-order valence-corrected chi connectivity index (χ1v) is 23.0. The molecule has 2 N–H and O–H groups in total. The highest BCUT2D eigenvalue weighted by Crippen LogP contribution is 2.43. The SMILES string of the molecule is CN(CCF)c1ccc2c(c1)[Si](C)(C)C1=CC(=[N+](C)CCF)C=CC1=C2c1cc(C(=O)NCCOCCOCCCCCNS(C)(=O)=O)ccc1C(=O)[O-]. The number of halogens is 2. The lowest BCUT2D eigenvalue weighted by Gasteiger charge is -2.38. The number of nitrogens with zero attached hydrogens (tertiary/aromatic N) is 2. The fraction of sp³-hybridized carbons (Fsp3) is 0.462. The second kappa shape index (κ2) is 19.5. The summed E-state index contributed by atoms with van der Waals surface area (Å²) >= 11 is 0. The number of rotatable bonds is 21. The summed E-state index contributed by atoms with van der Waals surface area (Å²) in [6.45, 7) is 5.94. The number of amides is 1. The molecule has 294 valence electrons. The average molecular weight is 787 g/mol. The first kappa shape index (κ1) is 42.7. The van der Waals surface area contributed by atoms with Gasteiger partial charge in [0.1, 0.15) is 28.5 Å². The lowest BCUT2D eigenvalue weighted by atomic mass is 9.86. The number of unbranched alkanes of at least 4 members (excludes halogenated alkanes) is 2. The number of hydrogen-bond acceptors (Lipinski definition) is 8. The third kappa shape index (κ3) is 11.0. The van der Waals surface area contributed by atoms with Crippen molar-refractivity contribution in [2.24, 2.45) is 0 Å². The van der Waals surface area contributed by atoms with Gasteiger partial charge in [0.05, 0.1) is 32.0 Å². The van der Waals surface area contributed by atoms with Crippen molar-refractivity contribution in [3.63, 3.8) is 0 Å². The largest absolute Gasteiger partial charge is 0.545 e. The summed E-state index contributed by atoms with van der Waals surface area (Å²) in [6.07, 6.45) is 9.40. The van der Waals surface area contributed by atoms with Crippen LogP contribution in [0, 0.1) is 0 Å². The Balaban J connectivity index is 1.54. The van der Waals surface area contributed by atoms with Crippen LogP contribution in [0.25, 0.3) is 5.57 Å². The Kier molecular flexibility index (Phi) is 15.4. The van der Waals surface area contributed by atoms with Gasteiger partial charge in [-0.3, -0.25) is 4.79 Å². The van der Waals surface area contributed by atoms with Gasteiger partial charge in [-0.2, -0.15) is 0 Å². The van der Waals surface area contributed by atoms with Crippen LogP contribution in [0.1, 0.15) is 51.1 Å². The van der Waals surface area contributed by atoms with Gasteiger partial charge in [-0.1, -0.05) is 25.2 Å². The van der Waals surface area contributed by atoms with Crippen LogP contribution >= 0.6 is 0 Å². The number of alkyl halides is 2. The van der Waals surface area contributed by atoms with Crippen molar-refractivity contribution in [3.05, 3.63) is 87.6 Å². The van der Waals surface area contributed by atoms with Crippen LogP contribution < -0.4 is 25.2 Å². The molecule has 1 heterocycles. The summed E-state index contributed by atoms with van der Waals surface area (Å²) in [7, 11) is -2.00. The van der Waals surface area contributed by atoms with E-state index in [1.807, 2.05) is 47.9 Å². The van der Waals surface area contributed by atoms with E-state index in [-0.39, 0.29) is 37.4 Å². The van der Waals surface area contributed by atoms with Crippen molar-refractivity contribution in [2.45, 2.75) is 32.4 Å². The van der Waals surface area contributed by atoms with E-state index in [9.17, 15) is 31.9 Å². The van der Waals surface area contributed by atoms with Crippen LogP contribution in [0.3, 0.4) is 0 Å². The average Bonchev–Trinajstić information content (AvgIpc) is 3.13. The molecule has 0 bridgehead atoms. The van der Waals surface area contributed by atoms with Crippen LogP contribution in [-0.2, 0) is 19.5 Å². The number of allylic oxidation sites excluding steroid dienone is 5. The number of sulfonamides is 1. The van der Waals surface area contributed by atoms with E-state index in [0.717, 1.165) is 58.4 Å². The van der Waals surface area contributed by atoms with E-state index in [2.05, 4.69) is 35.3 Å². The highest BCUT2D eigenvalue weighted by molar-refractivity contribution is 7.88. The van der Waals surface area contributed by atoms with Gasteiger partial charge >= 0.3 is 0 Å². The van der Waals surface area contributed by atoms with E-state index in [1.54, 1.807) is 6.07 Å². The molecule has 1 aliphatic heterocycles. The number of benzene rings is 2. The molecule has 2 aromatic carbocycles. The maximum absolute atomic E-state index is 13.4. The van der Waals surface area contributed by atoms with E-state index in [1.165, 1.54) is 12.1 Å². The molecule has 2 aliphatic rings. The summed E-state index contributed by atoms with van der Waals surface area (Å²) in [5.74, 6) is -1.78. The second-order valence-corrected chi connectivity index (χ2v) is 20.1. The summed E-state index contributed by atoms with van der Waals surface area (Å²) in [4.78, 5) is 27.8. The predicted molar refractivity (Wildman–Crippen MR) is 210 cm³/mol. The molecule has 0 aromatic heterocycles. The van der Waals surface area contributed by atoms with Crippen molar-refractivity contribution in [1.29, 1.82) is 0 Å². The van der Waals surface area contributed by atoms with Crippen molar-refractivity contribution < 1.29 is 45.9 Å². The summed E-state index contributed by atoms with van der Waals surface area (Å²) in [5.41, 5.74) is 4.52. The molecule has 4 rings (SSSR count). The Bertz CT molecular complexity index is 1930. The lowest BCUT2D eigenvalue weighted by Crippen LogP contribution is -2.50. The van der Waals surface area contributed by atoms with Gasteiger partial charge in [-0.25, -0.2) is 26.5 Å². The molecule has 0 spiro atoms. The first-order valence-electron chi connectivity index (χ1n) is 18.1. The normalized spacial score (nSPS) is 15.7. The Labute approximate surface area is 318 Å². The maximum Gasteiger partial charge on any atom is 0.251 e. The molecule has 0 atom stereocenters. The Morgan fingerprint density at radius 1 is 0.926 bits per heavy atom. The number of anilines is 1. The molecule has 0 radical (unpaired) electrons. The molecule has 0 saturated carbocycles. The van der Waals surface area contributed by atoms with Gasteiger partial charge in [0, 0.05) is 62.3 Å². The Hall–Kier alpha value is -4.02. The zero-order chi connectivity index (χ0) is 39.5. The predicted octanol–water partition coefficient (Wildman–Crippen LogP) is 2.76. The molecule has 0 fully saturated rings. The van der Waals surface area contributed by atoms with Crippen molar-refractivity contribution >= 4 is 52.1 Å². The number of aromatic carboxylic acids is 1. The van der Waals surface area contributed by atoms with E-state index < -0.39 is 43.3 Å². The third-order valence-electron chi connectivity index (χ3n) is 9.62. The number of ether oxygens (including phenoxy) is 2. The number of nitrogens with one attached hydrogen (secondary N) is 2. The third-order valence-corrected chi connectivity index (χ3v) is 13.9. The smallest absolute Gasteiger partial charge is 0.251 e. The monoisotopic (exact) mass is 786 g/mol. The van der Waals surface area contributed by atoms with E-state index in [4.69, 9.17) is 9.47 Å². The van der Waals surface area contributed by atoms with Gasteiger partial charge in [0.2, 0.25) is 10.0 Å². The fourth-order valence-electron chi connectivity index (χ4n) is 6.60. The first-order chi connectivity index (χ1) is 25.7. The number of carbonyl (C=O) groups is 2. The molecule has 0 saturated heterocycles. The number of hydrogen-bond donors (Lipinski definition) is 2. The van der Waals surface area contributed by atoms with Crippen LogP contribution in [0.4, 0.5) is 14.5 Å². The Morgan fingerprint density at radius 3 is 2.35 bits per heavy atom. The standard InChI is InChI=1S/C39H52F2N4O7SSi/c1-44(19-15-40)29-10-13-32-35(26-29)54(4,5)36-27-30(45(2)20-16-41)11-14-33(36)37(32)34-25-28(9-12-31(34)39(47)48)38(46)42-18-22-52-24-23-51-21-8-6-7-17-43-53(3,49)50/h9-14,25-27,43H,6-8,15-24H2,1-5H3,(H-,42,46,47,48). The topological polar surface area (TPSA) is 140 Å². The number of carboxylic acids is 1. The van der Waals surface area contributed by atoms with Crippen LogP contribution in [-0.4, -0.2) is 125 Å². The zero-order valence-electron chi connectivity index (χ0n) is 31.8. The Morgan fingerprint density at radius 2 is 1.67 bits per heavy atom. The summed E-state index contributed by atoms with van der Waals surface area (Å²) in [5, 5.41) is 17.5. The number of fused-ring (bicyclic) bond motifs is 2. The van der Waals surface area contributed by atoms with Crippen molar-refractivity contribution in [1.82, 2.24) is 10.0 Å².